The fourth-order valence-electron chi connectivity index (χ4n) is 3.07. The second-order valence-electron chi connectivity index (χ2n) is 7.00. The average molecular weight is 427 g/mol. The Kier molecular flexibility index (Phi) is 6.99. The fraction of sp³-hybridized carbons (Fsp3) is 0.318. The Hall–Kier alpha value is -3.00. The van der Waals surface area contributed by atoms with Gasteiger partial charge < -0.3 is 14.8 Å². The van der Waals surface area contributed by atoms with Gasteiger partial charge in [0, 0.05) is 11.3 Å². The number of aromatic nitrogens is 3. The zero-order valence-corrected chi connectivity index (χ0v) is 18.6. The van der Waals surface area contributed by atoms with Crippen LogP contribution in [0.25, 0.3) is 11.3 Å². The predicted molar refractivity (Wildman–Crippen MR) is 121 cm³/mol. The lowest BCUT2D eigenvalue weighted by atomic mass is 10.0. The summed E-state index contributed by atoms with van der Waals surface area (Å²) in [6.07, 6.45) is 1.95. The third-order valence-corrected chi connectivity index (χ3v) is 5.20. The van der Waals surface area contributed by atoms with Gasteiger partial charge in [0.05, 0.1) is 20.1 Å². The smallest absolute Gasteiger partial charge is 0.276 e. The van der Waals surface area contributed by atoms with Crippen molar-refractivity contribution in [2.24, 2.45) is 0 Å². The minimum absolute atomic E-state index is 0.267. The lowest BCUT2D eigenvalue weighted by Gasteiger charge is -2.11. The van der Waals surface area contributed by atoms with E-state index >= 15 is 0 Å². The molecule has 158 valence electrons. The van der Waals surface area contributed by atoms with Gasteiger partial charge >= 0.3 is 0 Å². The lowest BCUT2D eigenvalue weighted by molar-refractivity contribution is 0.101. The van der Waals surface area contributed by atoms with Crippen LogP contribution in [0.2, 0.25) is 0 Å². The van der Waals surface area contributed by atoms with Gasteiger partial charge in [-0.1, -0.05) is 31.2 Å². The van der Waals surface area contributed by atoms with Crippen molar-refractivity contribution in [3.63, 3.8) is 0 Å². The molecule has 0 aliphatic rings. The van der Waals surface area contributed by atoms with Crippen LogP contribution in [0.15, 0.2) is 42.5 Å². The highest BCUT2D eigenvalue weighted by Crippen LogP contribution is 2.33. The molecule has 0 unspecified atom stereocenters. The van der Waals surface area contributed by atoms with Crippen LogP contribution in [0, 0.1) is 0 Å². The minimum Gasteiger partial charge on any atom is -0.493 e. The Morgan fingerprint density at radius 3 is 2.40 bits per heavy atom. The van der Waals surface area contributed by atoms with Crippen LogP contribution in [0.3, 0.4) is 0 Å². The van der Waals surface area contributed by atoms with Crippen molar-refractivity contribution in [3.05, 3.63) is 53.7 Å². The molecule has 3 rings (SSSR count). The van der Waals surface area contributed by atoms with Crippen LogP contribution in [0.1, 0.15) is 35.8 Å². The number of methoxy groups -OCH3 is 2. The second-order valence-corrected chi connectivity index (χ2v) is 7.84. The number of hydrogen-bond donors (Lipinski definition) is 1. The molecule has 0 spiro atoms. The van der Waals surface area contributed by atoms with E-state index in [2.05, 4.69) is 29.5 Å². The summed E-state index contributed by atoms with van der Waals surface area (Å²) in [6.45, 7) is 4.27. The molecule has 0 atom stereocenters. The first kappa shape index (κ1) is 21.7. The Balaban J connectivity index is 1.97. The van der Waals surface area contributed by atoms with Gasteiger partial charge in [0.15, 0.2) is 17.2 Å². The van der Waals surface area contributed by atoms with Crippen molar-refractivity contribution in [3.8, 4) is 22.8 Å². The molecular weight excluding hydrogens is 400 g/mol. The molecule has 1 aromatic heterocycles. The van der Waals surface area contributed by atoms with Crippen LogP contribution >= 0.6 is 11.8 Å². The first-order valence-corrected chi connectivity index (χ1v) is 10.9. The molecule has 30 heavy (non-hydrogen) atoms. The SMILES string of the molecule is COc1ccc(-c2nnn(CSC)c2C(=O)Nc2ccc(C(C)C)cc2)cc1OC. The molecule has 0 saturated heterocycles. The maximum absolute atomic E-state index is 13.2. The van der Waals surface area contributed by atoms with Gasteiger partial charge in [-0.05, 0) is 48.1 Å². The number of carbonyl (C=O) groups is 1. The zero-order chi connectivity index (χ0) is 21.7. The maximum Gasteiger partial charge on any atom is 0.276 e. The van der Waals surface area contributed by atoms with Crippen LogP contribution in [-0.4, -0.2) is 41.4 Å². The van der Waals surface area contributed by atoms with Crippen molar-refractivity contribution >= 4 is 23.4 Å². The molecule has 2 aromatic carbocycles. The van der Waals surface area contributed by atoms with E-state index < -0.39 is 0 Å². The summed E-state index contributed by atoms with van der Waals surface area (Å²) >= 11 is 1.56. The Morgan fingerprint density at radius 1 is 1.10 bits per heavy atom. The lowest BCUT2D eigenvalue weighted by Crippen LogP contribution is -2.18. The number of ether oxygens (including phenoxy) is 2. The summed E-state index contributed by atoms with van der Waals surface area (Å²) in [6, 6.07) is 13.3. The van der Waals surface area contributed by atoms with Gasteiger partial charge in [0.2, 0.25) is 0 Å². The third-order valence-electron chi connectivity index (χ3n) is 4.69. The van der Waals surface area contributed by atoms with E-state index in [1.807, 2.05) is 36.6 Å². The normalized spacial score (nSPS) is 10.9. The maximum atomic E-state index is 13.2. The number of hydrogen-bond acceptors (Lipinski definition) is 6. The topological polar surface area (TPSA) is 78.3 Å². The van der Waals surface area contributed by atoms with E-state index in [0.29, 0.717) is 34.7 Å². The molecule has 0 bridgehead atoms. The molecule has 0 aliphatic carbocycles. The number of amides is 1. The van der Waals surface area contributed by atoms with Crippen LogP contribution in [0.5, 0.6) is 11.5 Å². The largest absolute Gasteiger partial charge is 0.493 e. The first-order chi connectivity index (χ1) is 14.5. The molecule has 1 N–H and O–H groups in total. The summed E-state index contributed by atoms with van der Waals surface area (Å²) in [5, 5.41) is 11.4. The monoisotopic (exact) mass is 426 g/mol. The number of nitrogens with zero attached hydrogens (tertiary/aromatic N) is 3. The Labute approximate surface area is 180 Å². The third kappa shape index (κ3) is 4.59. The molecular formula is C22H26N4O3S. The number of rotatable bonds is 8. The molecule has 0 aliphatic heterocycles. The van der Waals surface area contributed by atoms with Gasteiger partial charge in [-0.2, -0.15) is 0 Å². The molecule has 0 saturated carbocycles. The highest BCUT2D eigenvalue weighted by Gasteiger charge is 2.23. The van der Waals surface area contributed by atoms with Crippen LogP contribution in [-0.2, 0) is 5.88 Å². The number of benzene rings is 2. The van der Waals surface area contributed by atoms with Gasteiger partial charge in [-0.3, -0.25) is 4.79 Å². The predicted octanol–water partition coefficient (Wildman–Crippen LogP) is 4.66. The fourth-order valence-corrected chi connectivity index (χ4v) is 3.50. The van der Waals surface area contributed by atoms with E-state index in [4.69, 9.17) is 9.47 Å². The molecule has 7 nitrogen and oxygen atoms in total. The second kappa shape index (κ2) is 9.67. The van der Waals surface area contributed by atoms with E-state index in [0.717, 1.165) is 11.3 Å². The van der Waals surface area contributed by atoms with E-state index in [1.165, 1.54) is 5.56 Å². The van der Waals surface area contributed by atoms with E-state index in [9.17, 15) is 4.79 Å². The van der Waals surface area contributed by atoms with Crippen LogP contribution < -0.4 is 14.8 Å². The summed E-state index contributed by atoms with van der Waals surface area (Å²) in [4.78, 5) is 13.2. The molecule has 1 heterocycles. The summed E-state index contributed by atoms with van der Waals surface area (Å²) < 4.78 is 12.3. The summed E-state index contributed by atoms with van der Waals surface area (Å²) in [5.74, 6) is 1.84. The van der Waals surface area contributed by atoms with Gasteiger partial charge in [-0.25, -0.2) is 4.68 Å². The van der Waals surface area contributed by atoms with E-state index in [1.54, 1.807) is 42.8 Å². The van der Waals surface area contributed by atoms with Gasteiger partial charge in [0.25, 0.3) is 5.91 Å². The quantitative estimate of drug-likeness (QED) is 0.564. The first-order valence-electron chi connectivity index (χ1n) is 9.54. The number of anilines is 1. The minimum atomic E-state index is -0.267. The number of thioether (sulfide) groups is 1. The van der Waals surface area contributed by atoms with Gasteiger partial charge in [0.1, 0.15) is 5.69 Å². The summed E-state index contributed by atoms with van der Waals surface area (Å²) in [5.41, 5.74) is 3.54. The van der Waals surface area contributed by atoms with E-state index in [-0.39, 0.29) is 5.91 Å². The van der Waals surface area contributed by atoms with Crippen molar-refractivity contribution in [1.29, 1.82) is 0 Å². The standard InChI is InChI=1S/C22H26N4O3S/c1-14(2)15-6-9-17(10-7-15)23-22(27)21-20(24-25-26(21)13-30-5)16-8-11-18(28-3)19(12-16)29-4/h6-12,14H,13H2,1-5H3,(H,23,27). The van der Waals surface area contributed by atoms with Crippen molar-refractivity contribution in [2.45, 2.75) is 25.6 Å². The van der Waals surface area contributed by atoms with Crippen LogP contribution in [0.4, 0.5) is 5.69 Å². The van der Waals surface area contributed by atoms with Crippen molar-refractivity contribution < 1.29 is 14.3 Å². The summed E-state index contributed by atoms with van der Waals surface area (Å²) in [7, 11) is 3.15. The molecule has 8 heteroatoms. The number of carbonyl (C=O) groups excluding carboxylic acids is 1. The average Bonchev–Trinajstić information content (AvgIpc) is 3.17. The van der Waals surface area contributed by atoms with Crippen molar-refractivity contribution in [2.75, 3.05) is 25.8 Å². The Morgan fingerprint density at radius 2 is 1.80 bits per heavy atom. The molecule has 1 amide bonds. The molecule has 0 fully saturated rings. The number of nitrogens with one attached hydrogen (secondary N) is 1. The highest BCUT2D eigenvalue weighted by atomic mass is 32.2. The van der Waals surface area contributed by atoms with Gasteiger partial charge in [-0.15, -0.1) is 16.9 Å². The zero-order valence-electron chi connectivity index (χ0n) is 17.8. The molecule has 3 aromatic rings. The Bertz CT molecular complexity index is 1020. The molecule has 0 radical (unpaired) electrons. The highest BCUT2D eigenvalue weighted by molar-refractivity contribution is 7.97. The van der Waals surface area contributed by atoms with Crippen molar-refractivity contribution in [1.82, 2.24) is 15.0 Å².